The van der Waals surface area contributed by atoms with E-state index in [4.69, 9.17) is 16.3 Å². The van der Waals surface area contributed by atoms with Crippen LogP contribution in [0.3, 0.4) is 0 Å². The number of aromatic nitrogens is 2. The Hall–Kier alpha value is -1.03. The smallest absolute Gasteiger partial charge is 0.218 e. The highest BCUT2D eigenvalue weighted by Gasteiger charge is 2.42. The normalized spacial score (nSPS) is 17.6. The largest absolute Gasteiger partial charge is 0.481 e. The number of ether oxygens (including phenoxy) is 1. The predicted octanol–water partition coefficient (Wildman–Crippen LogP) is 1.67. The van der Waals surface area contributed by atoms with E-state index in [9.17, 15) is 0 Å². The Morgan fingerprint density at radius 3 is 2.93 bits per heavy atom. The Morgan fingerprint density at radius 2 is 2.36 bits per heavy atom. The van der Waals surface area contributed by atoms with Crippen LogP contribution in [0.5, 0.6) is 5.88 Å². The van der Waals surface area contributed by atoms with Crippen LogP contribution in [0.25, 0.3) is 0 Å². The molecule has 1 heterocycles. The van der Waals surface area contributed by atoms with Gasteiger partial charge < -0.3 is 10.1 Å². The molecule has 0 spiro atoms. The summed E-state index contributed by atoms with van der Waals surface area (Å²) < 4.78 is 5.00. The van der Waals surface area contributed by atoms with E-state index < -0.39 is 0 Å². The van der Waals surface area contributed by atoms with E-state index in [1.807, 2.05) is 0 Å². The molecule has 0 radical (unpaired) electrons. The van der Waals surface area contributed by atoms with E-state index in [2.05, 4.69) is 15.3 Å². The van der Waals surface area contributed by atoms with E-state index in [-0.39, 0.29) is 5.54 Å². The highest BCUT2D eigenvalue weighted by atomic mass is 35.5. The van der Waals surface area contributed by atoms with Gasteiger partial charge in [-0.3, -0.25) is 0 Å². The predicted molar refractivity (Wildman–Crippen MR) is 54.9 cm³/mol. The first kappa shape index (κ1) is 9.52. The topological polar surface area (TPSA) is 47.0 Å². The molecule has 0 aromatic carbocycles. The zero-order chi connectivity index (χ0) is 10.0. The third-order valence-corrected chi connectivity index (χ3v) is 2.87. The van der Waals surface area contributed by atoms with Gasteiger partial charge in [0.1, 0.15) is 12.1 Å². The number of nitrogens with one attached hydrogen (secondary N) is 1. The zero-order valence-electron chi connectivity index (χ0n) is 7.96. The van der Waals surface area contributed by atoms with Gasteiger partial charge in [-0.05, 0) is 12.8 Å². The standard InChI is InChI=1S/C9H12ClN3O/c1-14-8-4-7(11-6-12-8)13-9(5-10)2-3-9/h4,6H,2-3,5H2,1H3,(H,11,12,13). The van der Waals surface area contributed by atoms with Crippen LogP contribution in [0.4, 0.5) is 5.82 Å². The number of halogens is 1. The van der Waals surface area contributed by atoms with Gasteiger partial charge in [-0.2, -0.15) is 0 Å². The van der Waals surface area contributed by atoms with Gasteiger partial charge in [-0.1, -0.05) is 0 Å². The van der Waals surface area contributed by atoms with Crippen molar-refractivity contribution in [3.05, 3.63) is 12.4 Å². The molecule has 0 unspecified atom stereocenters. The van der Waals surface area contributed by atoms with Crippen LogP contribution < -0.4 is 10.1 Å². The van der Waals surface area contributed by atoms with E-state index in [1.165, 1.54) is 6.33 Å². The van der Waals surface area contributed by atoms with E-state index in [0.717, 1.165) is 18.7 Å². The summed E-state index contributed by atoms with van der Waals surface area (Å²) in [5, 5.41) is 3.29. The van der Waals surface area contributed by atoms with Crippen LogP contribution in [-0.2, 0) is 0 Å². The third kappa shape index (κ3) is 1.90. The summed E-state index contributed by atoms with van der Waals surface area (Å²) in [7, 11) is 1.58. The molecule has 1 aromatic heterocycles. The summed E-state index contributed by atoms with van der Waals surface area (Å²) in [5.74, 6) is 1.95. The van der Waals surface area contributed by atoms with Gasteiger partial charge in [-0.15, -0.1) is 11.6 Å². The maximum absolute atomic E-state index is 5.84. The average molecular weight is 214 g/mol. The lowest BCUT2D eigenvalue weighted by molar-refractivity contribution is 0.397. The quantitative estimate of drug-likeness (QED) is 0.773. The Morgan fingerprint density at radius 1 is 1.57 bits per heavy atom. The molecule has 0 atom stereocenters. The van der Waals surface area contributed by atoms with E-state index >= 15 is 0 Å². The Bertz CT molecular complexity index is 328. The van der Waals surface area contributed by atoms with Gasteiger partial charge >= 0.3 is 0 Å². The number of hydrogen-bond donors (Lipinski definition) is 1. The minimum atomic E-state index is 0.0565. The summed E-state index contributed by atoms with van der Waals surface area (Å²) in [4.78, 5) is 8.03. The molecule has 1 N–H and O–H groups in total. The van der Waals surface area contributed by atoms with E-state index in [0.29, 0.717) is 11.8 Å². The fourth-order valence-electron chi connectivity index (χ4n) is 1.23. The molecular weight excluding hydrogens is 202 g/mol. The average Bonchev–Trinajstić information content (AvgIpc) is 2.99. The molecule has 4 nitrogen and oxygen atoms in total. The van der Waals surface area contributed by atoms with Gasteiger partial charge in [0.15, 0.2) is 0 Å². The zero-order valence-corrected chi connectivity index (χ0v) is 8.71. The highest BCUT2D eigenvalue weighted by Crippen LogP contribution is 2.39. The van der Waals surface area contributed by atoms with Crippen LogP contribution in [-0.4, -0.2) is 28.5 Å². The number of hydrogen-bond acceptors (Lipinski definition) is 4. The van der Waals surface area contributed by atoms with Crippen molar-refractivity contribution in [1.29, 1.82) is 0 Å². The minimum Gasteiger partial charge on any atom is -0.481 e. The van der Waals surface area contributed by atoms with Crippen molar-refractivity contribution in [2.75, 3.05) is 18.3 Å². The molecular formula is C9H12ClN3O. The maximum atomic E-state index is 5.84. The number of anilines is 1. The molecule has 0 aliphatic heterocycles. The first-order valence-corrected chi connectivity index (χ1v) is 5.02. The lowest BCUT2D eigenvalue weighted by Gasteiger charge is -2.14. The van der Waals surface area contributed by atoms with Crippen LogP contribution in [0, 0.1) is 0 Å². The Balaban J connectivity index is 2.09. The molecule has 0 saturated heterocycles. The Kier molecular flexibility index (Phi) is 2.46. The van der Waals surface area contributed by atoms with Crippen molar-refractivity contribution in [1.82, 2.24) is 9.97 Å². The summed E-state index contributed by atoms with van der Waals surface area (Å²) in [6.45, 7) is 0. The molecule has 1 aromatic rings. The number of rotatable bonds is 4. The molecule has 1 aliphatic rings. The molecule has 0 bridgehead atoms. The second-order valence-electron chi connectivity index (χ2n) is 3.48. The van der Waals surface area contributed by atoms with Crippen LogP contribution in [0.15, 0.2) is 12.4 Å². The first-order valence-electron chi connectivity index (χ1n) is 4.48. The van der Waals surface area contributed by atoms with Crippen molar-refractivity contribution in [3.63, 3.8) is 0 Å². The monoisotopic (exact) mass is 213 g/mol. The molecule has 1 saturated carbocycles. The van der Waals surface area contributed by atoms with Crippen molar-refractivity contribution in [2.24, 2.45) is 0 Å². The van der Waals surface area contributed by atoms with Gasteiger partial charge in [-0.25, -0.2) is 9.97 Å². The number of nitrogens with zero attached hydrogens (tertiary/aromatic N) is 2. The fourth-order valence-corrected chi connectivity index (χ4v) is 1.57. The van der Waals surface area contributed by atoms with Crippen LogP contribution >= 0.6 is 11.6 Å². The SMILES string of the molecule is COc1cc(NC2(CCl)CC2)ncn1. The Labute approximate surface area is 87.7 Å². The van der Waals surface area contributed by atoms with Gasteiger partial charge in [0.05, 0.1) is 12.6 Å². The fraction of sp³-hybridized carbons (Fsp3) is 0.556. The van der Waals surface area contributed by atoms with Gasteiger partial charge in [0.25, 0.3) is 0 Å². The van der Waals surface area contributed by atoms with Crippen molar-refractivity contribution >= 4 is 17.4 Å². The highest BCUT2D eigenvalue weighted by molar-refractivity contribution is 6.19. The van der Waals surface area contributed by atoms with E-state index in [1.54, 1.807) is 13.2 Å². The molecule has 1 fully saturated rings. The van der Waals surface area contributed by atoms with Crippen molar-refractivity contribution < 1.29 is 4.74 Å². The lowest BCUT2D eigenvalue weighted by atomic mass is 10.3. The summed E-state index contributed by atoms with van der Waals surface area (Å²) in [6.07, 6.45) is 3.68. The molecule has 5 heteroatoms. The maximum Gasteiger partial charge on any atom is 0.218 e. The first-order chi connectivity index (χ1) is 6.78. The molecule has 14 heavy (non-hydrogen) atoms. The second-order valence-corrected chi connectivity index (χ2v) is 3.75. The van der Waals surface area contributed by atoms with Crippen molar-refractivity contribution in [2.45, 2.75) is 18.4 Å². The number of alkyl halides is 1. The number of methoxy groups -OCH3 is 1. The van der Waals surface area contributed by atoms with Crippen LogP contribution in [0.1, 0.15) is 12.8 Å². The minimum absolute atomic E-state index is 0.0565. The second kappa shape index (κ2) is 3.61. The molecule has 2 rings (SSSR count). The summed E-state index contributed by atoms with van der Waals surface area (Å²) in [5.41, 5.74) is 0.0565. The molecule has 0 amide bonds. The summed E-state index contributed by atoms with van der Waals surface area (Å²) >= 11 is 5.84. The molecule has 1 aliphatic carbocycles. The summed E-state index contributed by atoms with van der Waals surface area (Å²) in [6, 6.07) is 1.77. The lowest BCUT2D eigenvalue weighted by Crippen LogP contribution is -2.23. The van der Waals surface area contributed by atoms with Crippen LogP contribution in [0.2, 0.25) is 0 Å². The molecule has 76 valence electrons. The van der Waals surface area contributed by atoms with Crippen molar-refractivity contribution in [3.8, 4) is 5.88 Å². The van der Waals surface area contributed by atoms with Gasteiger partial charge in [0.2, 0.25) is 5.88 Å². The van der Waals surface area contributed by atoms with Gasteiger partial charge in [0, 0.05) is 11.9 Å². The third-order valence-electron chi connectivity index (χ3n) is 2.35.